The molecule has 1 saturated carbocycles. The van der Waals surface area contributed by atoms with Gasteiger partial charge in [-0.05, 0) is 31.7 Å². The number of piperidine rings is 1. The summed E-state index contributed by atoms with van der Waals surface area (Å²) < 4.78 is 26.3. The van der Waals surface area contributed by atoms with Crippen molar-refractivity contribution in [2.75, 3.05) is 13.1 Å². The van der Waals surface area contributed by atoms with Gasteiger partial charge < -0.3 is 5.73 Å². The SMILES string of the molecule is NC(=S)C1CCCCN1CC1CCC(F)(F)C1. The van der Waals surface area contributed by atoms with Crippen LogP contribution in [-0.4, -0.2) is 34.9 Å². The zero-order valence-electron chi connectivity index (χ0n) is 10.0. The Hall–Kier alpha value is -0.290. The number of likely N-dealkylation sites (tertiary alicyclic amines) is 1. The van der Waals surface area contributed by atoms with Crippen molar-refractivity contribution in [1.29, 1.82) is 0 Å². The van der Waals surface area contributed by atoms with E-state index in [0.717, 1.165) is 32.4 Å². The molecule has 0 amide bonds. The lowest BCUT2D eigenvalue weighted by atomic mass is 9.99. The van der Waals surface area contributed by atoms with Gasteiger partial charge in [-0.15, -0.1) is 0 Å². The molecule has 1 aliphatic heterocycles. The molecule has 0 bridgehead atoms. The normalized spacial score (nSPS) is 33.8. The second-order valence-electron chi connectivity index (χ2n) is 5.37. The minimum absolute atomic E-state index is 0.0353. The van der Waals surface area contributed by atoms with Crippen LogP contribution in [-0.2, 0) is 0 Å². The zero-order chi connectivity index (χ0) is 12.5. The summed E-state index contributed by atoms with van der Waals surface area (Å²) in [5.74, 6) is -2.33. The Kier molecular flexibility index (Phi) is 3.98. The topological polar surface area (TPSA) is 29.3 Å². The molecule has 2 N–H and O–H groups in total. The molecule has 0 spiro atoms. The quantitative estimate of drug-likeness (QED) is 0.793. The van der Waals surface area contributed by atoms with Crippen molar-refractivity contribution in [2.45, 2.75) is 50.5 Å². The summed E-state index contributed by atoms with van der Waals surface area (Å²) in [6.45, 7) is 1.68. The lowest BCUT2D eigenvalue weighted by Crippen LogP contribution is -2.48. The van der Waals surface area contributed by atoms with Gasteiger partial charge in [0.05, 0.1) is 11.0 Å². The summed E-state index contributed by atoms with van der Waals surface area (Å²) in [7, 11) is 0. The Bertz CT molecular complexity index is 296. The standard InChI is InChI=1S/C12H20F2N2S/c13-12(14)5-4-9(7-12)8-16-6-2-1-3-10(16)11(15)17/h9-10H,1-8H2,(H2,15,17). The van der Waals surface area contributed by atoms with Crippen LogP contribution in [0.5, 0.6) is 0 Å². The van der Waals surface area contributed by atoms with E-state index in [-0.39, 0.29) is 24.8 Å². The number of hydrogen-bond acceptors (Lipinski definition) is 2. The molecule has 1 saturated heterocycles. The number of halogens is 2. The summed E-state index contributed by atoms with van der Waals surface area (Å²) in [6.07, 6.45) is 3.96. The summed E-state index contributed by atoms with van der Waals surface area (Å²) in [6, 6.07) is 0.132. The number of rotatable bonds is 3. The first-order valence-electron chi connectivity index (χ1n) is 6.39. The molecule has 2 atom stereocenters. The highest BCUT2D eigenvalue weighted by molar-refractivity contribution is 7.80. The van der Waals surface area contributed by atoms with Crippen LogP contribution in [0.15, 0.2) is 0 Å². The fraction of sp³-hybridized carbons (Fsp3) is 0.917. The van der Waals surface area contributed by atoms with Gasteiger partial charge in [0.2, 0.25) is 5.92 Å². The lowest BCUT2D eigenvalue weighted by Gasteiger charge is -2.36. The van der Waals surface area contributed by atoms with Crippen molar-refractivity contribution in [2.24, 2.45) is 11.7 Å². The molecule has 1 aliphatic carbocycles. The maximum absolute atomic E-state index is 13.1. The predicted octanol–water partition coefficient (Wildman–Crippen LogP) is 2.56. The minimum atomic E-state index is -2.45. The first-order valence-corrected chi connectivity index (χ1v) is 6.80. The Labute approximate surface area is 107 Å². The van der Waals surface area contributed by atoms with Crippen molar-refractivity contribution < 1.29 is 8.78 Å². The Morgan fingerprint density at radius 3 is 2.71 bits per heavy atom. The third kappa shape index (κ3) is 3.35. The smallest absolute Gasteiger partial charge is 0.248 e. The Balaban J connectivity index is 1.90. The van der Waals surface area contributed by atoms with Gasteiger partial charge >= 0.3 is 0 Å². The molecule has 0 radical (unpaired) electrons. The van der Waals surface area contributed by atoms with Crippen molar-refractivity contribution >= 4 is 17.2 Å². The van der Waals surface area contributed by atoms with Crippen LogP contribution in [0.25, 0.3) is 0 Å². The van der Waals surface area contributed by atoms with Gasteiger partial charge in [0, 0.05) is 19.4 Å². The van der Waals surface area contributed by atoms with Gasteiger partial charge in [0.1, 0.15) is 0 Å². The number of hydrogen-bond donors (Lipinski definition) is 1. The predicted molar refractivity (Wildman–Crippen MR) is 68.3 cm³/mol. The van der Waals surface area contributed by atoms with Crippen LogP contribution < -0.4 is 5.73 Å². The van der Waals surface area contributed by atoms with Gasteiger partial charge in [-0.25, -0.2) is 8.78 Å². The van der Waals surface area contributed by atoms with Gasteiger partial charge in [-0.3, -0.25) is 4.90 Å². The molecule has 2 aliphatic rings. The molecule has 2 fully saturated rings. The molecule has 2 nitrogen and oxygen atoms in total. The van der Waals surface area contributed by atoms with E-state index in [2.05, 4.69) is 4.90 Å². The molecule has 1 heterocycles. The summed E-state index contributed by atoms with van der Waals surface area (Å²) >= 11 is 5.07. The first-order chi connectivity index (χ1) is 7.98. The van der Waals surface area contributed by atoms with Gasteiger partial charge in [-0.2, -0.15) is 0 Å². The number of nitrogens with zero attached hydrogens (tertiary/aromatic N) is 1. The number of nitrogens with two attached hydrogens (primary N) is 1. The monoisotopic (exact) mass is 262 g/mol. The fourth-order valence-corrected chi connectivity index (χ4v) is 3.33. The van der Waals surface area contributed by atoms with E-state index in [1.54, 1.807) is 0 Å². The molecule has 0 aromatic carbocycles. The Morgan fingerprint density at radius 1 is 1.35 bits per heavy atom. The highest BCUT2D eigenvalue weighted by Crippen LogP contribution is 2.39. The van der Waals surface area contributed by atoms with Gasteiger partial charge in [-0.1, -0.05) is 18.6 Å². The second kappa shape index (κ2) is 5.14. The molecule has 98 valence electrons. The van der Waals surface area contributed by atoms with Crippen LogP contribution in [0.2, 0.25) is 0 Å². The molecule has 0 aromatic heterocycles. The summed E-state index contributed by atoms with van der Waals surface area (Å²) in [5, 5.41) is 0. The Morgan fingerprint density at radius 2 is 2.12 bits per heavy atom. The van der Waals surface area contributed by atoms with E-state index in [0.29, 0.717) is 11.4 Å². The van der Waals surface area contributed by atoms with E-state index in [4.69, 9.17) is 18.0 Å². The third-order valence-electron chi connectivity index (χ3n) is 3.94. The average Bonchev–Trinajstić information content (AvgIpc) is 2.58. The minimum Gasteiger partial charge on any atom is -0.392 e. The van der Waals surface area contributed by atoms with Crippen LogP contribution in [0.3, 0.4) is 0 Å². The van der Waals surface area contributed by atoms with Crippen molar-refractivity contribution in [3.8, 4) is 0 Å². The number of thiocarbonyl (C=S) groups is 1. The van der Waals surface area contributed by atoms with Crippen LogP contribution in [0.1, 0.15) is 38.5 Å². The first kappa shape index (κ1) is 13.1. The van der Waals surface area contributed by atoms with E-state index in [1.807, 2.05) is 0 Å². The van der Waals surface area contributed by atoms with Crippen LogP contribution in [0.4, 0.5) is 8.78 Å². The van der Waals surface area contributed by atoms with Crippen LogP contribution >= 0.6 is 12.2 Å². The summed E-state index contributed by atoms with van der Waals surface area (Å²) in [5.41, 5.74) is 5.73. The molecule has 0 aromatic rings. The molecular formula is C12H20F2N2S. The highest BCUT2D eigenvalue weighted by atomic mass is 32.1. The van der Waals surface area contributed by atoms with E-state index in [1.165, 1.54) is 0 Å². The molecule has 2 unspecified atom stereocenters. The van der Waals surface area contributed by atoms with E-state index >= 15 is 0 Å². The van der Waals surface area contributed by atoms with Crippen molar-refractivity contribution in [3.05, 3.63) is 0 Å². The van der Waals surface area contributed by atoms with E-state index in [9.17, 15) is 8.78 Å². The van der Waals surface area contributed by atoms with Crippen LogP contribution in [0, 0.1) is 5.92 Å². The molecule has 17 heavy (non-hydrogen) atoms. The molecular weight excluding hydrogens is 242 g/mol. The van der Waals surface area contributed by atoms with Crippen molar-refractivity contribution in [1.82, 2.24) is 4.90 Å². The largest absolute Gasteiger partial charge is 0.392 e. The molecule has 5 heteroatoms. The third-order valence-corrected chi connectivity index (χ3v) is 4.21. The maximum atomic E-state index is 13.1. The van der Waals surface area contributed by atoms with Gasteiger partial charge in [0.15, 0.2) is 0 Å². The molecule has 2 rings (SSSR count). The average molecular weight is 262 g/mol. The second-order valence-corrected chi connectivity index (χ2v) is 5.85. The van der Waals surface area contributed by atoms with Crippen molar-refractivity contribution in [3.63, 3.8) is 0 Å². The van der Waals surface area contributed by atoms with Gasteiger partial charge in [0.25, 0.3) is 0 Å². The van der Waals surface area contributed by atoms with E-state index < -0.39 is 5.92 Å². The maximum Gasteiger partial charge on any atom is 0.248 e. The summed E-state index contributed by atoms with van der Waals surface area (Å²) in [4.78, 5) is 2.74. The number of alkyl halides is 2. The zero-order valence-corrected chi connectivity index (χ0v) is 10.8. The lowest BCUT2D eigenvalue weighted by molar-refractivity contribution is 0.00271. The fourth-order valence-electron chi connectivity index (χ4n) is 3.06. The highest BCUT2D eigenvalue weighted by Gasteiger charge is 2.40.